The second kappa shape index (κ2) is 7.10. The van der Waals surface area contributed by atoms with Crippen LogP contribution in [-0.4, -0.2) is 45.9 Å². The molecule has 0 aliphatic carbocycles. The molecule has 0 atom stereocenters. The summed E-state index contributed by atoms with van der Waals surface area (Å²) >= 11 is 0. The number of likely N-dealkylation sites (N-methyl/N-ethyl adjacent to an activating group) is 1. The van der Waals surface area contributed by atoms with Gasteiger partial charge in [-0.2, -0.15) is 0 Å². The van der Waals surface area contributed by atoms with E-state index in [-0.39, 0.29) is 5.91 Å². The Balaban J connectivity index is 1.50. The minimum Gasteiger partial charge on any atom is -0.340 e. The van der Waals surface area contributed by atoms with Crippen molar-refractivity contribution in [3.63, 3.8) is 0 Å². The van der Waals surface area contributed by atoms with E-state index in [1.165, 1.54) is 18.1 Å². The maximum Gasteiger partial charge on any atom is 0.281 e. The van der Waals surface area contributed by atoms with Gasteiger partial charge in [-0.3, -0.25) is 4.79 Å². The van der Waals surface area contributed by atoms with Crippen molar-refractivity contribution < 1.29 is 4.79 Å². The number of aromatic nitrogens is 3. The molecule has 0 spiro atoms. The first-order valence-electron chi connectivity index (χ1n) is 9.45. The number of amides is 1. The predicted octanol–water partition coefficient (Wildman–Crippen LogP) is 3.04. The quantitative estimate of drug-likeness (QED) is 0.745. The molecule has 29 heavy (non-hydrogen) atoms. The number of pyridine rings is 1. The highest BCUT2D eigenvalue weighted by molar-refractivity contribution is 6.05. The Kier molecular flexibility index (Phi) is 4.29. The number of carbonyl (C=O) groups excluding carboxylic acids is 1. The van der Waals surface area contributed by atoms with E-state index in [9.17, 15) is 4.79 Å². The lowest BCUT2D eigenvalue weighted by molar-refractivity contribution is 0.0965. The molecule has 0 bridgehead atoms. The van der Waals surface area contributed by atoms with Crippen LogP contribution in [0.2, 0.25) is 0 Å². The molecule has 7 heteroatoms. The Hall–Kier alpha value is -3.58. The maximum atomic E-state index is 12.4. The van der Waals surface area contributed by atoms with E-state index >= 15 is 0 Å². The van der Waals surface area contributed by atoms with Crippen LogP contribution in [0.4, 0.5) is 11.5 Å². The second-order valence-corrected chi connectivity index (χ2v) is 7.36. The van der Waals surface area contributed by atoms with Gasteiger partial charge in [0, 0.05) is 48.9 Å². The number of benzene rings is 1. The van der Waals surface area contributed by atoms with E-state index in [0.717, 1.165) is 29.9 Å². The van der Waals surface area contributed by atoms with Crippen LogP contribution >= 0.6 is 0 Å². The number of fused-ring (bicyclic) bond motifs is 1. The molecule has 0 saturated carbocycles. The molecule has 143 valence electrons. The number of likely N-dealkylation sites (tertiary alicyclic amines) is 1. The monoisotopic (exact) mass is 383 g/mol. The zero-order valence-electron chi connectivity index (χ0n) is 15.9. The van der Waals surface area contributed by atoms with E-state index in [2.05, 4.69) is 49.7 Å². The average molecular weight is 383 g/mol. The number of nitrogens with one attached hydrogen (secondary N) is 1. The normalized spacial score (nSPS) is 16.1. The van der Waals surface area contributed by atoms with Crippen molar-refractivity contribution >= 4 is 23.5 Å². The van der Waals surface area contributed by atoms with E-state index in [1.807, 2.05) is 24.3 Å². The van der Waals surface area contributed by atoms with Crippen molar-refractivity contribution in [2.75, 3.05) is 25.5 Å². The summed E-state index contributed by atoms with van der Waals surface area (Å²) in [6, 6.07) is 10.2. The molecule has 2 aliphatic rings. The van der Waals surface area contributed by atoms with Gasteiger partial charge in [0.15, 0.2) is 0 Å². The topological polar surface area (TPSA) is 85.1 Å². The Morgan fingerprint density at radius 1 is 1.10 bits per heavy atom. The Morgan fingerprint density at radius 2 is 1.86 bits per heavy atom. The third-order valence-electron chi connectivity index (χ3n) is 5.27. The fraction of sp³-hybridized carbons (Fsp3) is 0.182. The van der Waals surface area contributed by atoms with Gasteiger partial charge in [0.1, 0.15) is 12.1 Å². The molecule has 2 aliphatic heterocycles. The van der Waals surface area contributed by atoms with Gasteiger partial charge in [0.2, 0.25) is 0 Å². The van der Waals surface area contributed by atoms with Crippen LogP contribution < -0.4 is 10.6 Å². The Labute approximate surface area is 168 Å². The Morgan fingerprint density at radius 3 is 2.59 bits per heavy atom. The van der Waals surface area contributed by atoms with Gasteiger partial charge < -0.3 is 10.2 Å². The molecular weight excluding hydrogens is 364 g/mol. The standard InChI is InChI=1S/C22H19N6O/c1-28-11-17(12-28)14-2-4-18(5-3-14)26-21-20-15(6-7-25-22(20)29)8-19(27-21)16-9-23-13-24-10-16/h2-10,13,17H,11-12H2,1H3,(H,26,27). The fourth-order valence-electron chi connectivity index (χ4n) is 3.73. The van der Waals surface area contributed by atoms with Crippen LogP contribution in [-0.2, 0) is 0 Å². The molecule has 5 rings (SSSR count). The predicted molar refractivity (Wildman–Crippen MR) is 111 cm³/mol. The average Bonchev–Trinajstić information content (AvgIpc) is 2.73. The highest BCUT2D eigenvalue weighted by atomic mass is 16.1. The summed E-state index contributed by atoms with van der Waals surface area (Å²) in [5.74, 6) is 0.768. The van der Waals surface area contributed by atoms with Crippen LogP contribution in [0, 0.1) is 0 Å². The molecule has 0 unspecified atom stereocenters. The third-order valence-corrected chi connectivity index (χ3v) is 5.27. The minimum atomic E-state index is -0.303. The van der Waals surface area contributed by atoms with Gasteiger partial charge >= 0.3 is 0 Å². The summed E-state index contributed by atoms with van der Waals surface area (Å²) in [6.07, 6.45) is 8.21. The van der Waals surface area contributed by atoms with Crippen molar-refractivity contribution in [3.8, 4) is 11.3 Å². The maximum absolute atomic E-state index is 12.4. The van der Waals surface area contributed by atoms with Gasteiger partial charge in [0.05, 0.1) is 11.3 Å². The number of rotatable bonds is 4. The molecule has 1 fully saturated rings. The van der Waals surface area contributed by atoms with E-state index in [4.69, 9.17) is 0 Å². The van der Waals surface area contributed by atoms with Crippen molar-refractivity contribution in [2.45, 2.75) is 5.92 Å². The van der Waals surface area contributed by atoms with Crippen molar-refractivity contribution in [1.82, 2.24) is 25.2 Å². The number of carbonyl (C=O) groups is 1. The van der Waals surface area contributed by atoms with E-state index in [0.29, 0.717) is 23.0 Å². The molecule has 1 radical (unpaired) electrons. The highest BCUT2D eigenvalue weighted by Gasteiger charge is 2.25. The fourth-order valence-corrected chi connectivity index (χ4v) is 3.73. The molecule has 1 amide bonds. The first kappa shape index (κ1) is 17.5. The van der Waals surface area contributed by atoms with Gasteiger partial charge in [-0.15, -0.1) is 0 Å². The summed E-state index contributed by atoms with van der Waals surface area (Å²) in [5, 5.41) is 7.22. The smallest absolute Gasteiger partial charge is 0.281 e. The van der Waals surface area contributed by atoms with Gasteiger partial charge in [-0.05, 0) is 42.4 Å². The minimum absolute atomic E-state index is 0.303. The Bertz CT molecular complexity index is 1090. The van der Waals surface area contributed by atoms with Crippen LogP contribution in [0.5, 0.6) is 0 Å². The van der Waals surface area contributed by atoms with Crippen LogP contribution in [0.1, 0.15) is 27.4 Å². The van der Waals surface area contributed by atoms with Crippen molar-refractivity contribution in [2.24, 2.45) is 0 Å². The zero-order chi connectivity index (χ0) is 19.8. The number of anilines is 2. The summed E-state index contributed by atoms with van der Waals surface area (Å²) in [4.78, 5) is 27.6. The summed E-state index contributed by atoms with van der Waals surface area (Å²) in [7, 11) is 2.13. The molecule has 1 saturated heterocycles. The molecule has 1 aromatic carbocycles. The van der Waals surface area contributed by atoms with Gasteiger partial charge in [-0.25, -0.2) is 20.3 Å². The lowest BCUT2D eigenvalue weighted by atomic mass is 9.92. The number of nitrogens with zero attached hydrogens (tertiary/aromatic N) is 5. The van der Waals surface area contributed by atoms with Crippen molar-refractivity contribution in [3.05, 3.63) is 71.9 Å². The molecule has 2 aromatic heterocycles. The SMILES string of the molecule is CN1CC(c2ccc(Nc3nc(-c4cncnc4)cc4c3C(=O)[N]C=C4)cc2)C1. The molecule has 1 N–H and O–H groups in total. The first-order valence-corrected chi connectivity index (χ1v) is 9.45. The third kappa shape index (κ3) is 3.36. The molecule has 7 nitrogen and oxygen atoms in total. The largest absolute Gasteiger partial charge is 0.340 e. The van der Waals surface area contributed by atoms with Crippen molar-refractivity contribution in [1.29, 1.82) is 0 Å². The second-order valence-electron chi connectivity index (χ2n) is 7.36. The molecular formula is C22H19N6O. The van der Waals surface area contributed by atoms with E-state index in [1.54, 1.807) is 12.4 Å². The van der Waals surface area contributed by atoms with Crippen LogP contribution in [0.25, 0.3) is 17.3 Å². The van der Waals surface area contributed by atoms with Crippen LogP contribution in [0.15, 0.2) is 55.3 Å². The van der Waals surface area contributed by atoms with E-state index < -0.39 is 0 Å². The number of hydrogen-bond acceptors (Lipinski definition) is 6. The lowest BCUT2D eigenvalue weighted by Crippen LogP contribution is -2.41. The molecule has 4 heterocycles. The van der Waals surface area contributed by atoms with Gasteiger partial charge in [-0.1, -0.05) is 12.1 Å². The first-order chi connectivity index (χ1) is 14.2. The molecule has 3 aromatic rings. The number of hydrogen-bond donors (Lipinski definition) is 1. The zero-order valence-corrected chi connectivity index (χ0v) is 15.9. The van der Waals surface area contributed by atoms with Crippen LogP contribution in [0.3, 0.4) is 0 Å². The summed E-state index contributed by atoms with van der Waals surface area (Å²) in [5.41, 5.74) is 4.92. The van der Waals surface area contributed by atoms with Gasteiger partial charge in [0.25, 0.3) is 5.91 Å². The summed E-state index contributed by atoms with van der Waals surface area (Å²) in [6.45, 7) is 2.18. The summed E-state index contributed by atoms with van der Waals surface area (Å²) < 4.78 is 0. The lowest BCUT2D eigenvalue weighted by Gasteiger charge is -2.36. The highest BCUT2D eigenvalue weighted by Crippen LogP contribution is 2.31.